The summed E-state index contributed by atoms with van der Waals surface area (Å²) < 4.78 is 30.2. The maximum absolute atomic E-state index is 12.0. The van der Waals surface area contributed by atoms with Crippen LogP contribution in [-0.2, 0) is 16.6 Å². The summed E-state index contributed by atoms with van der Waals surface area (Å²) in [6, 6.07) is 2.77. The Labute approximate surface area is 106 Å². The third-order valence-corrected chi connectivity index (χ3v) is 4.27. The lowest BCUT2D eigenvalue weighted by atomic mass is 10.2. The Morgan fingerprint density at radius 1 is 1.41 bits per heavy atom. The molecular formula is C10H14ClNO4S. The molecule has 5 nitrogen and oxygen atoms in total. The summed E-state index contributed by atoms with van der Waals surface area (Å²) in [4.78, 5) is -0.0541. The molecule has 1 N–H and O–H groups in total. The van der Waals surface area contributed by atoms with Crippen LogP contribution in [0.3, 0.4) is 0 Å². The normalized spacial score (nSPS) is 11.9. The summed E-state index contributed by atoms with van der Waals surface area (Å²) in [6.07, 6.45) is 0. The second-order valence-electron chi connectivity index (χ2n) is 3.54. The molecule has 1 aromatic carbocycles. The molecule has 0 aliphatic heterocycles. The van der Waals surface area contributed by atoms with Gasteiger partial charge in [0.1, 0.15) is 10.6 Å². The molecule has 0 saturated carbocycles. The van der Waals surface area contributed by atoms with Crippen molar-refractivity contribution in [3.05, 3.63) is 22.7 Å². The summed E-state index contributed by atoms with van der Waals surface area (Å²) in [7, 11) is 0.504. The minimum absolute atomic E-state index is 0.0541. The van der Waals surface area contributed by atoms with Gasteiger partial charge < -0.3 is 9.84 Å². The van der Waals surface area contributed by atoms with Crippen molar-refractivity contribution in [1.82, 2.24) is 4.31 Å². The first-order valence-electron chi connectivity index (χ1n) is 4.74. The van der Waals surface area contributed by atoms with Crippen LogP contribution in [0.1, 0.15) is 5.56 Å². The zero-order chi connectivity index (χ0) is 13.2. The van der Waals surface area contributed by atoms with Crippen molar-refractivity contribution in [3.63, 3.8) is 0 Å². The Balaban J connectivity index is 3.58. The van der Waals surface area contributed by atoms with Crippen molar-refractivity contribution in [2.75, 3.05) is 21.2 Å². The van der Waals surface area contributed by atoms with E-state index in [-0.39, 0.29) is 22.3 Å². The molecular weight excluding hydrogens is 266 g/mol. The highest BCUT2D eigenvalue weighted by Gasteiger charge is 2.24. The predicted molar refractivity (Wildman–Crippen MR) is 64.8 cm³/mol. The van der Waals surface area contributed by atoms with Gasteiger partial charge in [0.25, 0.3) is 0 Å². The van der Waals surface area contributed by atoms with Gasteiger partial charge in [-0.1, -0.05) is 11.6 Å². The van der Waals surface area contributed by atoms with Crippen LogP contribution in [0.4, 0.5) is 0 Å². The van der Waals surface area contributed by atoms with Crippen LogP contribution in [0, 0.1) is 0 Å². The van der Waals surface area contributed by atoms with Crippen molar-refractivity contribution < 1.29 is 18.3 Å². The number of hydrogen-bond acceptors (Lipinski definition) is 4. The van der Waals surface area contributed by atoms with Crippen LogP contribution in [0.2, 0.25) is 5.02 Å². The first kappa shape index (κ1) is 14.2. The number of halogens is 1. The van der Waals surface area contributed by atoms with Crippen molar-refractivity contribution in [3.8, 4) is 5.75 Å². The minimum Gasteiger partial charge on any atom is -0.495 e. The second kappa shape index (κ2) is 5.22. The highest BCUT2D eigenvalue weighted by molar-refractivity contribution is 7.89. The Hall–Kier alpha value is -0.820. The van der Waals surface area contributed by atoms with Gasteiger partial charge in [-0.3, -0.25) is 0 Å². The first-order valence-corrected chi connectivity index (χ1v) is 6.56. The number of sulfonamides is 1. The van der Waals surface area contributed by atoms with Gasteiger partial charge >= 0.3 is 0 Å². The molecule has 0 aliphatic rings. The molecule has 0 bridgehead atoms. The molecule has 1 aromatic rings. The van der Waals surface area contributed by atoms with Crippen molar-refractivity contribution in [1.29, 1.82) is 0 Å². The highest BCUT2D eigenvalue weighted by Crippen LogP contribution is 2.32. The lowest BCUT2D eigenvalue weighted by Crippen LogP contribution is -2.23. The fraction of sp³-hybridized carbons (Fsp3) is 0.400. The Morgan fingerprint density at radius 3 is 2.41 bits per heavy atom. The van der Waals surface area contributed by atoms with Crippen LogP contribution >= 0.6 is 11.6 Å². The Kier molecular flexibility index (Phi) is 4.37. The minimum atomic E-state index is -3.66. The number of aliphatic hydroxyl groups excluding tert-OH is 1. The van der Waals surface area contributed by atoms with E-state index in [1.807, 2.05) is 0 Å². The van der Waals surface area contributed by atoms with Crippen LogP contribution in [0.25, 0.3) is 0 Å². The standard InChI is InChI=1S/C10H14ClNO4S/c1-12(2)17(14,15)9-5-8(11)4-7(6-13)10(9)16-3/h4-5,13H,6H2,1-3H3. The number of nitrogens with zero attached hydrogens (tertiary/aromatic N) is 1. The molecule has 0 saturated heterocycles. The zero-order valence-electron chi connectivity index (χ0n) is 9.77. The fourth-order valence-electron chi connectivity index (χ4n) is 1.36. The lowest BCUT2D eigenvalue weighted by Gasteiger charge is -2.16. The summed E-state index contributed by atoms with van der Waals surface area (Å²) in [6.45, 7) is -0.348. The van der Waals surface area contributed by atoms with Gasteiger partial charge in [0.15, 0.2) is 0 Å². The van der Waals surface area contributed by atoms with Gasteiger partial charge in [-0.05, 0) is 12.1 Å². The number of methoxy groups -OCH3 is 1. The molecule has 0 aliphatic carbocycles. The largest absolute Gasteiger partial charge is 0.495 e. The van der Waals surface area contributed by atoms with E-state index in [0.29, 0.717) is 5.56 Å². The van der Waals surface area contributed by atoms with Crippen molar-refractivity contribution >= 4 is 21.6 Å². The SMILES string of the molecule is COc1c(CO)cc(Cl)cc1S(=O)(=O)N(C)C. The Morgan fingerprint density at radius 2 is 2.00 bits per heavy atom. The topological polar surface area (TPSA) is 66.8 Å². The number of rotatable bonds is 4. The molecule has 7 heteroatoms. The third kappa shape index (κ3) is 2.71. The van der Waals surface area contributed by atoms with Gasteiger partial charge in [0.05, 0.1) is 13.7 Å². The van der Waals surface area contributed by atoms with Gasteiger partial charge in [0, 0.05) is 24.7 Å². The average Bonchev–Trinajstić information content (AvgIpc) is 2.27. The zero-order valence-corrected chi connectivity index (χ0v) is 11.3. The average molecular weight is 280 g/mol. The smallest absolute Gasteiger partial charge is 0.246 e. The Bertz CT molecular complexity index is 513. The van der Waals surface area contributed by atoms with E-state index >= 15 is 0 Å². The van der Waals surface area contributed by atoms with Gasteiger partial charge in [0.2, 0.25) is 10.0 Å². The molecule has 0 aromatic heterocycles. The van der Waals surface area contributed by atoms with E-state index in [9.17, 15) is 8.42 Å². The highest BCUT2D eigenvalue weighted by atomic mass is 35.5. The molecule has 0 unspecified atom stereocenters. The number of benzene rings is 1. The molecule has 1 rings (SSSR count). The van der Waals surface area contributed by atoms with Gasteiger partial charge in [-0.25, -0.2) is 12.7 Å². The number of aliphatic hydroxyl groups is 1. The van der Waals surface area contributed by atoms with Crippen LogP contribution < -0.4 is 4.74 Å². The summed E-state index contributed by atoms with van der Waals surface area (Å²) in [5.41, 5.74) is 0.334. The lowest BCUT2D eigenvalue weighted by molar-refractivity contribution is 0.272. The number of hydrogen-bond donors (Lipinski definition) is 1. The maximum atomic E-state index is 12.0. The van der Waals surface area contributed by atoms with Crippen LogP contribution in [0.5, 0.6) is 5.75 Å². The van der Waals surface area contributed by atoms with E-state index < -0.39 is 10.0 Å². The van der Waals surface area contributed by atoms with Crippen LogP contribution in [0.15, 0.2) is 17.0 Å². The fourth-order valence-corrected chi connectivity index (χ4v) is 2.78. The second-order valence-corrected chi connectivity index (χ2v) is 6.10. The summed E-state index contributed by atoms with van der Waals surface area (Å²) in [5, 5.41) is 9.39. The van der Waals surface area contributed by atoms with E-state index in [2.05, 4.69) is 0 Å². The van der Waals surface area contributed by atoms with E-state index in [0.717, 1.165) is 4.31 Å². The molecule has 0 heterocycles. The molecule has 0 amide bonds. The molecule has 0 fully saturated rings. The van der Waals surface area contributed by atoms with Crippen molar-refractivity contribution in [2.45, 2.75) is 11.5 Å². The molecule has 0 atom stereocenters. The summed E-state index contributed by atoms with van der Waals surface area (Å²) >= 11 is 5.82. The van der Waals surface area contributed by atoms with E-state index in [4.69, 9.17) is 21.4 Å². The first-order chi connectivity index (χ1) is 7.84. The molecule has 0 spiro atoms. The molecule has 0 radical (unpaired) electrons. The van der Waals surface area contributed by atoms with Crippen LogP contribution in [-0.4, -0.2) is 39.0 Å². The quantitative estimate of drug-likeness (QED) is 0.896. The van der Waals surface area contributed by atoms with Crippen molar-refractivity contribution in [2.24, 2.45) is 0 Å². The number of ether oxygens (including phenoxy) is 1. The third-order valence-electron chi connectivity index (χ3n) is 2.23. The van der Waals surface area contributed by atoms with Gasteiger partial charge in [-0.2, -0.15) is 0 Å². The molecule has 96 valence electrons. The molecule has 17 heavy (non-hydrogen) atoms. The van der Waals surface area contributed by atoms with Gasteiger partial charge in [-0.15, -0.1) is 0 Å². The summed E-state index contributed by atoms with van der Waals surface area (Å²) in [5.74, 6) is 0.116. The van der Waals surface area contributed by atoms with E-state index in [1.54, 1.807) is 0 Å². The van der Waals surface area contributed by atoms with E-state index in [1.165, 1.54) is 33.3 Å². The predicted octanol–water partition coefficient (Wildman–Crippen LogP) is 1.09. The monoisotopic (exact) mass is 279 g/mol. The maximum Gasteiger partial charge on any atom is 0.246 e.